The molecule has 0 saturated heterocycles. The van der Waals surface area contributed by atoms with Crippen LogP contribution >= 0.6 is 0 Å². The van der Waals surface area contributed by atoms with Crippen molar-refractivity contribution in [3.05, 3.63) is 0 Å². The van der Waals surface area contributed by atoms with Gasteiger partial charge in [-0.15, -0.1) is 0 Å². The number of esters is 1. The number of hydrogen-bond donors (Lipinski definition) is 2. The normalized spacial score (nSPS) is 50.2. The van der Waals surface area contributed by atoms with Crippen LogP contribution in [-0.2, 0) is 9.53 Å². The fourth-order valence-corrected chi connectivity index (χ4v) is 8.90. The highest BCUT2D eigenvalue weighted by Gasteiger charge is 2.62. The Hall–Kier alpha value is -0.610. The zero-order valence-electron chi connectivity index (χ0n) is 18.9. The molecule has 10 atom stereocenters. The maximum atomic E-state index is 11.6. The highest BCUT2D eigenvalue weighted by Crippen LogP contribution is 2.68. The zero-order chi connectivity index (χ0) is 21.0. The molecule has 166 valence electrons. The Morgan fingerprint density at radius 1 is 1.00 bits per heavy atom. The molecule has 4 nitrogen and oxygen atoms in total. The van der Waals surface area contributed by atoms with Gasteiger partial charge in [-0.05, 0) is 104 Å². The molecule has 2 N–H and O–H groups in total. The van der Waals surface area contributed by atoms with Gasteiger partial charge >= 0.3 is 5.97 Å². The van der Waals surface area contributed by atoms with E-state index in [0.717, 1.165) is 32.1 Å². The van der Waals surface area contributed by atoms with Gasteiger partial charge in [-0.2, -0.15) is 0 Å². The van der Waals surface area contributed by atoms with Gasteiger partial charge in [0.1, 0.15) is 0 Å². The Balaban J connectivity index is 1.52. The number of aliphatic hydroxyl groups excluding tert-OH is 2. The van der Waals surface area contributed by atoms with Crippen LogP contribution in [0, 0.1) is 46.3 Å². The predicted octanol–water partition coefficient (Wildman–Crippen LogP) is 4.57. The summed E-state index contributed by atoms with van der Waals surface area (Å²) in [6.07, 6.45) is 9.77. The zero-order valence-corrected chi connectivity index (χ0v) is 18.9. The van der Waals surface area contributed by atoms with E-state index < -0.39 is 0 Å². The first-order valence-electron chi connectivity index (χ1n) is 12.1. The average molecular weight is 407 g/mol. The summed E-state index contributed by atoms with van der Waals surface area (Å²) >= 11 is 0. The number of carbonyl (C=O) groups excluding carboxylic acids is 1. The van der Waals surface area contributed by atoms with Gasteiger partial charge in [0.2, 0.25) is 0 Å². The Kier molecular flexibility index (Phi) is 5.83. The van der Waals surface area contributed by atoms with Gasteiger partial charge in [-0.25, -0.2) is 0 Å². The van der Waals surface area contributed by atoms with E-state index in [9.17, 15) is 15.0 Å². The standard InChI is InChI=1S/C25H42O4/c1-15(5-8-23(28)29-4)18-6-7-19-17-14-22(27)21-13-16(26)9-11-25(21,3)20(17)10-12-24(18,19)2/h15-22,26-27H,5-14H2,1-4H3/t15-,16-,17-,18-,19-,20-,21+,22+,24+,25+/m0/s1. The van der Waals surface area contributed by atoms with Crippen LogP contribution in [0.2, 0.25) is 0 Å². The van der Waals surface area contributed by atoms with Gasteiger partial charge in [0, 0.05) is 6.42 Å². The Labute approximate surface area is 176 Å². The number of ether oxygens (including phenoxy) is 1. The molecule has 29 heavy (non-hydrogen) atoms. The maximum Gasteiger partial charge on any atom is 0.305 e. The molecule has 0 aromatic carbocycles. The van der Waals surface area contributed by atoms with E-state index in [1.165, 1.54) is 32.8 Å². The summed E-state index contributed by atoms with van der Waals surface area (Å²) in [5, 5.41) is 21.3. The molecule has 0 aliphatic heterocycles. The van der Waals surface area contributed by atoms with Crippen LogP contribution in [0.5, 0.6) is 0 Å². The predicted molar refractivity (Wildman–Crippen MR) is 113 cm³/mol. The fraction of sp³-hybridized carbons (Fsp3) is 0.960. The minimum absolute atomic E-state index is 0.0888. The van der Waals surface area contributed by atoms with Crippen LogP contribution < -0.4 is 0 Å². The van der Waals surface area contributed by atoms with E-state index in [2.05, 4.69) is 20.8 Å². The minimum atomic E-state index is -0.255. The molecule has 0 spiro atoms. The lowest BCUT2D eigenvalue weighted by Gasteiger charge is -2.62. The van der Waals surface area contributed by atoms with Crippen molar-refractivity contribution in [1.29, 1.82) is 0 Å². The van der Waals surface area contributed by atoms with Gasteiger partial charge in [-0.3, -0.25) is 4.79 Å². The first-order valence-corrected chi connectivity index (χ1v) is 12.1. The first-order chi connectivity index (χ1) is 13.7. The summed E-state index contributed by atoms with van der Waals surface area (Å²) in [4.78, 5) is 11.6. The van der Waals surface area contributed by atoms with E-state index in [4.69, 9.17) is 4.74 Å². The molecule has 0 heterocycles. The van der Waals surface area contributed by atoms with Crippen molar-refractivity contribution in [3.8, 4) is 0 Å². The van der Waals surface area contributed by atoms with Gasteiger partial charge in [-0.1, -0.05) is 20.8 Å². The molecular formula is C25H42O4. The van der Waals surface area contributed by atoms with Gasteiger partial charge in [0.15, 0.2) is 0 Å². The molecular weight excluding hydrogens is 364 g/mol. The number of carbonyl (C=O) groups is 1. The monoisotopic (exact) mass is 406 g/mol. The van der Waals surface area contributed by atoms with Gasteiger partial charge in [0.05, 0.1) is 19.3 Å². The Morgan fingerprint density at radius 3 is 2.41 bits per heavy atom. The van der Waals surface area contributed by atoms with Gasteiger partial charge in [0.25, 0.3) is 0 Å². The van der Waals surface area contributed by atoms with Crippen molar-refractivity contribution in [3.63, 3.8) is 0 Å². The molecule has 4 saturated carbocycles. The molecule has 0 radical (unpaired) electrons. The third kappa shape index (κ3) is 3.46. The van der Waals surface area contributed by atoms with Crippen molar-refractivity contribution in [2.75, 3.05) is 7.11 Å². The molecule has 0 amide bonds. The van der Waals surface area contributed by atoms with Crippen LogP contribution in [0.3, 0.4) is 0 Å². The smallest absolute Gasteiger partial charge is 0.305 e. The van der Waals surface area contributed by atoms with Crippen molar-refractivity contribution in [2.45, 2.75) is 97.2 Å². The van der Waals surface area contributed by atoms with Crippen LogP contribution in [0.25, 0.3) is 0 Å². The van der Waals surface area contributed by atoms with Crippen molar-refractivity contribution >= 4 is 5.97 Å². The molecule has 4 aliphatic carbocycles. The quantitative estimate of drug-likeness (QED) is 0.671. The summed E-state index contributed by atoms with van der Waals surface area (Å²) in [5.41, 5.74) is 0.533. The molecule has 0 unspecified atom stereocenters. The number of fused-ring (bicyclic) bond motifs is 5. The molecule has 0 aromatic heterocycles. The van der Waals surface area contributed by atoms with Crippen LogP contribution in [0.4, 0.5) is 0 Å². The molecule has 4 fully saturated rings. The summed E-state index contributed by atoms with van der Waals surface area (Å²) < 4.78 is 4.86. The summed E-state index contributed by atoms with van der Waals surface area (Å²) in [6, 6.07) is 0. The second kappa shape index (κ2) is 7.82. The minimum Gasteiger partial charge on any atom is -0.469 e. The number of aliphatic hydroxyl groups is 2. The lowest BCUT2D eigenvalue weighted by molar-refractivity contribution is -0.172. The highest BCUT2D eigenvalue weighted by molar-refractivity contribution is 5.69. The Morgan fingerprint density at radius 2 is 1.69 bits per heavy atom. The summed E-state index contributed by atoms with van der Waals surface area (Å²) in [5.74, 6) is 3.42. The summed E-state index contributed by atoms with van der Waals surface area (Å²) in [6.45, 7) is 7.28. The van der Waals surface area contributed by atoms with Crippen molar-refractivity contribution in [2.24, 2.45) is 46.3 Å². The number of rotatable bonds is 4. The SMILES string of the molecule is COC(=O)CC[C@H](C)[C@@H]1CC[C@H]2[C@@H]3C[C@@H](O)[C@H]4C[C@@H](O)CC[C@]4(C)[C@H]3CC[C@@]21C. The molecule has 4 rings (SSSR count). The average Bonchev–Trinajstić information content (AvgIpc) is 3.05. The van der Waals surface area contributed by atoms with Crippen LogP contribution in [0.15, 0.2) is 0 Å². The van der Waals surface area contributed by atoms with E-state index in [1.54, 1.807) is 0 Å². The largest absolute Gasteiger partial charge is 0.469 e. The van der Waals surface area contributed by atoms with E-state index in [1.807, 2.05) is 0 Å². The molecule has 4 heteroatoms. The molecule has 0 bridgehead atoms. The lowest BCUT2D eigenvalue weighted by atomic mass is 9.44. The van der Waals surface area contributed by atoms with Crippen LogP contribution in [0.1, 0.15) is 85.0 Å². The number of methoxy groups -OCH3 is 1. The molecule has 0 aromatic rings. The van der Waals surface area contributed by atoms with E-state index in [0.29, 0.717) is 41.4 Å². The maximum absolute atomic E-state index is 11.6. The fourth-order valence-electron chi connectivity index (χ4n) is 8.90. The molecule has 4 aliphatic rings. The third-order valence-electron chi connectivity index (χ3n) is 10.4. The second-order valence-corrected chi connectivity index (χ2v) is 11.5. The lowest BCUT2D eigenvalue weighted by Crippen LogP contribution is -2.58. The third-order valence-corrected chi connectivity index (χ3v) is 10.4. The first kappa shape index (κ1) is 21.6. The van der Waals surface area contributed by atoms with Crippen LogP contribution in [-0.4, -0.2) is 35.5 Å². The highest BCUT2D eigenvalue weighted by atomic mass is 16.5. The van der Waals surface area contributed by atoms with Crippen molar-refractivity contribution < 1.29 is 19.7 Å². The number of hydrogen-bond acceptors (Lipinski definition) is 4. The topological polar surface area (TPSA) is 66.8 Å². The Bertz CT molecular complexity index is 620. The summed E-state index contributed by atoms with van der Waals surface area (Å²) in [7, 11) is 1.48. The van der Waals surface area contributed by atoms with E-state index in [-0.39, 0.29) is 29.5 Å². The van der Waals surface area contributed by atoms with Gasteiger partial charge < -0.3 is 14.9 Å². The second-order valence-electron chi connectivity index (χ2n) is 11.5. The van der Waals surface area contributed by atoms with E-state index >= 15 is 0 Å². The van der Waals surface area contributed by atoms with Crippen molar-refractivity contribution in [1.82, 2.24) is 0 Å².